The van der Waals surface area contributed by atoms with Crippen molar-refractivity contribution < 1.29 is 4.74 Å². The van der Waals surface area contributed by atoms with Crippen LogP contribution in [0.5, 0.6) is 5.88 Å². The lowest BCUT2D eigenvalue weighted by Crippen LogP contribution is -1.93. The number of ether oxygens (including phenoxy) is 1. The van der Waals surface area contributed by atoms with Crippen LogP contribution in [0.4, 0.5) is 0 Å². The summed E-state index contributed by atoms with van der Waals surface area (Å²) in [5.41, 5.74) is 2.86. The van der Waals surface area contributed by atoms with Gasteiger partial charge in [0.05, 0.1) is 17.0 Å². The molecule has 0 saturated carbocycles. The molecule has 3 heterocycles. The Labute approximate surface area is 109 Å². The molecule has 0 aromatic carbocycles. The first kappa shape index (κ1) is 11.2. The molecule has 0 atom stereocenters. The molecule has 0 amide bonds. The van der Waals surface area contributed by atoms with Crippen LogP contribution in [0, 0.1) is 6.92 Å². The Hall–Kier alpha value is -1.88. The summed E-state index contributed by atoms with van der Waals surface area (Å²) >= 11 is 1.68. The quantitative estimate of drug-likeness (QED) is 0.784. The number of rotatable bonds is 3. The molecule has 0 aliphatic carbocycles. The number of hydrogen-bond donors (Lipinski definition) is 1. The highest BCUT2D eigenvalue weighted by Gasteiger charge is 2.10. The molecule has 0 radical (unpaired) electrons. The highest BCUT2D eigenvalue weighted by atomic mass is 32.1. The number of nitrogens with zero attached hydrogens (tertiary/aromatic N) is 2. The molecule has 3 aromatic heterocycles. The number of aromatic amines is 1. The molecule has 3 rings (SSSR count). The summed E-state index contributed by atoms with van der Waals surface area (Å²) in [5, 5.41) is 2.07. The Morgan fingerprint density at radius 3 is 2.89 bits per heavy atom. The van der Waals surface area contributed by atoms with Crippen molar-refractivity contribution in [1.29, 1.82) is 0 Å². The molecule has 18 heavy (non-hydrogen) atoms. The second-order valence-electron chi connectivity index (χ2n) is 3.97. The van der Waals surface area contributed by atoms with Gasteiger partial charge in [0.2, 0.25) is 5.88 Å². The maximum absolute atomic E-state index is 5.38. The molecular weight excluding hydrogens is 246 g/mol. The maximum Gasteiger partial charge on any atom is 0.215 e. The number of pyridine rings is 1. The Kier molecular flexibility index (Phi) is 2.76. The zero-order chi connectivity index (χ0) is 12.5. The molecule has 0 bridgehead atoms. The summed E-state index contributed by atoms with van der Waals surface area (Å²) in [6.45, 7) is 4.63. The van der Waals surface area contributed by atoms with Crippen LogP contribution in [0.1, 0.15) is 12.5 Å². The average molecular weight is 259 g/mol. The van der Waals surface area contributed by atoms with Gasteiger partial charge < -0.3 is 9.72 Å². The molecule has 5 heteroatoms. The van der Waals surface area contributed by atoms with Crippen molar-refractivity contribution in [2.24, 2.45) is 0 Å². The zero-order valence-electron chi connectivity index (χ0n) is 10.2. The predicted molar refractivity (Wildman–Crippen MR) is 73.1 cm³/mol. The summed E-state index contributed by atoms with van der Waals surface area (Å²) in [7, 11) is 0. The van der Waals surface area contributed by atoms with Gasteiger partial charge in [0.1, 0.15) is 0 Å². The Morgan fingerprint density at radius 1 is 1.28 bits per heavy atom. The minimum Gasteiger partial charge on any atom is -0.478 e. The summed E-state index contributed by atoms with van der Waals surface area (Å²) in [6.07, 6.45) is 0. The molecule has 92 valence electrons. The van der Waals surface area contributed by atoms with Crippen molar-refractivity contribution in [2.45, 2.75) is 13.8 Å². The van der Waals surface area contributed by atoms with Crippen LogP contribution in [0.3, 0.4) is 0 Å². The molecule has 0 aliphatic heterocycles. The molecule has 3 aromatic rings. The minimum atomic E-state index is 0.611. The first-order chi connectivity index (χ1) is 8.78. The topological polar surface area (TPSA) is 50.8 Å². The van der Waals surface area contributed by atoms with E-state index in [1.165, 1.54) is 5.56 Å². The van der Waals surface area contributed by atoms with Crippen LogP contribution < -0.4 is 4.74 Å². The van der Waals surface area contributed by atoms with Crippen molar-refractivity contribution in [1.82, 2.24) is 15.0 Å². The lowest BCUT2D eigenvalue weighted by Gasteiger charge is -1.99. The number of aryl methyl sites for hydroxylation is 1. The van der Waals surface area contributed by atoms with Gasteiger partial charge in [-0.2, -0.15) is 4.98 Å². The predicted octanol–water partition coefficient (Wildman–Crippen LogP) is 3.39. The van der Waals surface area contributed by atoms with Crippen LogP contribution in [-0.4, -0.2) is 21.6 Å². The van der Waals surface area contributed by atoms with Crippen molar-refractivity contribution in [3.05, 3.63) is 29.1 Å². The van der Waals surface area contributed by atoms with Gasteiger partial charge >= 0.3 is 0 Å². The van der Waals surface area contributed by atoms with E-state index in [4.69, 9.17) is 4.74 Å². The number of thiophene rings is 1. The Balaban J connectivity index is 2.08. The van der Waals surface area contributed by atoms with Gasteiger partial charge in [-0.05, 0) is 36.9 Å². The molecule has 0 aliphatic rings. The second kappa shape index (κ2) is 4.42. The Bertz CT molecular complexity index is 686. The largest absolute Gasteiger partial charge is 0.478 e. The average Bonchev–Trinajstić information content (AvgIpc) is 2.94. The third-order valence-corrected chi connectivity index (χ3v) is 3.71. The van der Waals surface area contributed by atoms with E-state index in [9.17, 15) is 0 Å². The second-order valence-corrected chi connectivity index (χ2v) is 4.89. The summed E-state index contributed by atoms with van der Waals surface area (Å²) < 4.78 is 5.38. The van der Waals surface area contributed by atoms with Gasteiger partial charge in [-0.25, -0.2) is 4.98 Å². The third-order valence-electron chi connectivity index (χ3n) is 2.69. The lowest BCUT2D eigenvalue weighted by molar-refractivity contribution is 0.328. The highest BCUT2D eigenvalue weighted by Crippen LogP contribution is 2.28. The van der Waals surface area contributed by atoms with Crippen LogP contribution in [-0.2, 0) is 0 Å². The summed E-state index contributed by atoms with van der Waals surface area (Å²) in [6, 6.07) is 5.90. The Morgan fingerprint density at radius 2 is 2.17 bits per heavy atom. The SMILES string of the molecule is CCOc1ccc2[nH]c(-c3sccc3C)nc2n1. The van der Waals surface area contributed by atoms with Crippen LogP contribution >= 0.6 is 11.3 Å². The number of imidazole rings is 1. The van der Waals surface area contributed by atoms with Crippen LogP contribution in [0.2, 0.25) is 0 Å². The van der Waals surface area contributed by atoms with E-state index in [-0.39, 0.29) is 0 Å². The number of aromatic nitrogens is 3. The number of H-pyrrole nitrogens is 1. The van der Waals surface area contributed by atoms with Gasteiger partial charge in [-0.1, -0.05) is 0 Å². The van der Waals surface area contributed by atoms with E-state index in [0.717, 1.165) is 16.2 Å². The van der Waals surface area contributed by atoms with Gasteiger partial charge in [-0.15, -0.1) is 11.3 Å². The third kappa shape index (κ3) is 1.86. The van der Waals surface area contributed by atoms with Crippen molar-refractivity contribution in [3.8, 4) is 16.6 Å². The van der Waals surface area contributed by atoms with Crippen LogP contribution in [0.25, 0.3) is 21.9 Å². The molecule has 0 fully saturated rings. The zero-order valence-corrected chi connectivity index (χ0v) is 11.0. The van der Waals surface area contributed by atoms with Crippen molar-refractivity contribution >= 4 is 22.5 Å². The summed E-state index contributed by atoms with van der Waals surface area (Å²) in [5.74, 6) is 1.49. The van der Waals surface area contributed by atoms with Crippen molar-refractivity contribution in [3.63, 3.8) is 0 Å². The lowest BCUT2D eigenvalue weighted by atomic mass is 10.3. The first-order valence-electron chi connectivity index (χ1n) is 5.82. The number of hydrogen-bond acceptors (Lipinski definition) is 4. The maximum atomic E-state index is 5.38. The summed E-state index contributed by atoms with van der Waals surface area (Å²) in [4.78, 5) is 13.3. The molecular formula is C13H13N3OS. The number of nitrogens with one attached hydrogen (secondary N) is 1. The minimum absolute atomic E-state index is 0.611. The van der Waals surface area contributed by atoms with Crippen LogP contribution in [0.15, 0.2) is 23.6 Å². The fourth-order valence-corrected chi connectivity index (χ4v) is 2.70. The molecule has 0 spiro atoms. The fraction of sp³-hybridized carbons (Fsp3) is 0.231. The standard InChI is InChI=1S/C13H13N3OS/c1-3-17-10-5-4-9-12(15-10)16-13(14-9)11-8(2)6-7-18-11/h4-7H,3H2,1-2H3,(H,14,15,16). The smallest absolute Gasteiger partial charge is 0.215 e. The molecule has 4 nitrogen and oxygen atoms in total. The van der Waals surface area contributed by atoms with E-state index >= 15 is 0 Å². The van der Waals surface area contributed by atoms with E-state index in [1.807, 2.05) is 19.1 Å². The number of fused-ring (bicyclic) bond motifs is 1. The fourth-order valence-electron chi connectivity index (χ4n) is 1.83. The van der Waals surface area contributed by atoms with Crippen molar-refractivity contribution in [2.75, 3.05) is 6.61 Å². The van der Waals surface area contributed by atoms with E-state index in [0.29, 0.717) is 18.1 Å². The molecule has 0 unspecified atom stereocenters. The van der Waals surface area contributed by atoms with Gasteiger partial charge in [-0.3, -0.25) is 0 Å². The van der Waals surface area contributed by atoms with E-state index in [1.54, 1.807) is 11.3 Å². The first-order valence-corrected chi connectivity index (χ1v) is 6.70. The monoisotopic (exact) mass is 259 g/mol. The highest BCUT2D eigenvalue weighted by molar-refractivity contribution is 7.13. The molecule has 1 N–H and O–H groups in total. The van der Waals surface area contributed by atoms with E-state index < -0.39 is 0 Å². The molecule has 0 saturated heterocycles. The van der Waals surface area contributed by atoms with E-state index in [2.05, 4.69) is 33.3 Å². The van der Waals surface area contributed by atoms with Gasteiger partial charge in [0.15, 0.2) is 11.5 Å². The van der Waals surface area contributed by atoms with Gasteiger partial charge in [0.25, 0.3) is 0 Å². The normalized spacial score (nSPS) is 11.0. The van der Waals surface area contributed by atoms with Gasteiger partial charge in [0, 0.05) is 6.07 Å².